The number of ketones is 2. The molecular weight excluding hydrogens is 544 g/mol. The van der Waals surface area contributed by atoms with E-state index in [0.717, 1.165) is 59.5 Å². The third-order valence-corrected chi connectivity index (χ3v) is 9.01. The number of Topliss-reactive ketones (excluding diaryl/α,β-unsaturated/α-hetero) is 2. The van der Waals surface area contributed by atoms with E-state index in [0.29, 0.717) is 35.8 Å². The zero-order valence-electron chi connectivity index (χ0n) is 24.0. The number of ether oxygens (including phenoxy) is 4. The zero-order valence-corrected chi connectivity index (χ0v) is 25.7. The lowest BCUT2D eigenvalue weighted by molar-refractivity contribution is 0.0977. The van der Waals surface area contributed by atoms with Gasteiger partial charge in [-0.15, -0.1) is 22.7 Å². The number of hydrogen-bond acceptors (Lipinski definition) is 8. The third kappa shape index (κ3) is 6.03. The molecular formula is C32H36O6S2. The Labute approximate surface area is 243 Å². The molecule has 0 aliphatic rings. The summed E-state index contributed by atoms with van der Waals surface area (Å²) < 4.78 is 25.6. The molecule has 8 heteroatoms. The molecule has 0 aliphatic heterocycles. The van der Waals surface area contributed by atoms with E-state index in [1.165, 1.54) is 22.7 Å². The van der Waals surface area contributed by atoms with Gasteiger partial charge in [0.15, 0.2) is 34.6 Å². The minimum Gasteiger partial charge on any atom is -0.493 e. The number of rotatable bonds is 14. The average Bonchev–Trinajstić information content (AvgIpc) is 3.57. The second-order valence-electron chi connectivity index (χ2n) is 9.78. The highest BCUT2D eigenvalue weighted by Crippen LogP contribution is 2.42. The van der Waals surface area contributed by atoms with Crippen molar-refractivity contribution in [1.82, 2.24) is 0 Å². The molecule has 0 fully saturated rings. The van der Waals surface area contributed by atoms with E-state index >= 15 is 0 Å². The minimum absolute atomic E-state index is 0.158. The predicted molar refractivity (Wildman–Crippen MR) is 165 cm³/mol. The number of hydrogen-bond donors (Lipinski definition) is 0. The van der Waals surface area contributed by atoms with Crippen molar-refractivity contribution >= 4 is 54.4 Å². The maximum absolute atomic E-state index is 12.5. The van der Waals surface area contributed by atoms with Gasteiger partial charge in [-0.2, -0.15) is 0 Å². The molecule has 4 aromatic rings. The number of fused-ring (bicyclic) bond motifs is 2. The van der Waals surface area contributed by atoms with Crippen LogP contribution in [0.25, 0.3) is 20.2 Å². The molecule has 0 radical (unpaired) electrons. The Morgan fingerprint density at radius 2 is 1.12 bits per heavy atom. The molecule has 0 N–H and O–H groups in total. The molecule has 2 aromatic carbocycles. The van der Waals surface area contributed by atoms with Crippen LogP contribution in [0.4, 0.5) is 0 Å². The fraction of sp³-hybridized carbons (Fsp3) is 0.375. The van der Waals surface area contributed by atoms with E-state index in [9.17, 15) is 9.59 Å². The first-order chi connectivity index (χ1) is 19.2. The average molecular weight is 581 g/mol. The second kappa shape index (κ2) is 12.9. The Morgan fingerprint density at radius 3 is 1.48 bits per heavy atom. The van der Waals surface area contributed by atoms with Crippen LogP contribution in [0, 0.1) is 13.8 Å². The van der Waals surface area contributed by atoms with Gasteiger partial charge in [0, 0.05) is 56.3 Å². The van der Waals surface area contributed by atoms with Crippen molar-refractivity contribution < 1.29 is 28.5 Å². The fourth-order valence-electron chi connectivity index (χ4n) is 4.62. The van der Waals surface area contributed by atoms with Crippen LogP contribution in [0.2, 0.25) is 0 Å². The Bertz CT molecular complexity index is 1460. The number of thiophene rings is 2. The SMILES string of the molecule is C=C(COc1c(OC)cc2sc(C(=O)CCC)cc2c1C)COc1c(OC)cc2sc(C(=O)CCC)cc2c1C. The summed E-state index contributed by atoms with van der Waals surface area (Å²) in [4.78, 5) is 26.4. The van der Waals surface area contributed by atoms with E-state index in [4.69, 9.17) is 18.9 Å². The van der Waals surface area contributed by atoms with Gasteiger partial charge in [0.05, 0.1) is 24.0 Å². The van der Waals surface area contributed by atoms with Gasteiger partial charge in [-0.05, 0) is 44.4 Å². The molecule has 212 valence electrons. The molecule has 0 unspecified atom stereocenters. The van der Waals surface area contributed by atoms with Crippen LogP contribution in [-0.2, 0) is 0 Å². The lowest BCUT2D eigenvalue weighted by Gasteiger charge is -2.17. The molecule has 0 aliphatic carbocycles. The number of benzene rings is 2. The molecule has 2 aromatic heterocycles. The van der Waals surface area contributed by atoms with E-state index in [1.54, 1.807) is 14.2 Å². The molecule has 0 saturated heterocycles. The summed E-state index contributed by atoms with van der Waals surface area (Å²) in [6.07, 6.45) is 2.71. The van der Waals surface area contributed by atoms with Crippen molar-refractivity contribution in [3.63, 3.8) is 0 Å². The Hall–Kier alpha value is -3.36. The Morgan fingerprint density at radius 1 is 0.725 bits per heavy atom. The number of aryl methyl sites for hydroxylation is 2. The van der Waals surface area contributed by atoms with Crippen LogP contribution in [0.3, 0.4) is 0 Å². The second-order valence-corrected chi connectivity index (χ2v) is 12.0. The number of methoxy groups -OCH3 is 2. The topological polar surface area (TPSA) is 71.1 Å². The first-order valence-electron chi connectivity index (χ1n) is 13.4. The van der Waals surface area contributed by atoms with E-state index in [2.05, 4.69) is 6.58 Å². The fourth-order valence-corrected chi connectivity index (χ4v) is 6.86. The van der Waals surface area contributed by atoms with Crippen molar-refractivity contribution in [2.24, 2.45) is 0 Å². The molecule has 0 bridgehead atoms. The van der Waals surface area contributed by atoms with Gasteiger partial charge >= 0.3 is 0 Å². The van der Waals surface area contributed by atoms with Gasteiger partial charge in [-0.25, -0.2) is 0 Å². The first-order valence-corrected chi connectivity index (χ1v) is 15.1. The first kappa shape index (κ1) is 29.6. The smallest absolute Gasteiger partial charge is 0.172 e. The van der Waals surface area contributed by atoms with Crippen LogP contribution >= 0.6 is 22.7 Å². The molecule has 2 heterocycles. The lowest BCUT2D eigenvalue weighted by Crippen LogP contribution is -2.10. The number of carbonyl (C=O) groups excluding carboxylic acids is 2. The Kier molecular flexibility index (Phi) is 9.53. The standard InChI is InChI=1S/C32H36O6S2/c1-8-10-23(33)29-12-21-19(4)31(25(35-6)14-27(21)39-29)37-16-18(3)17-38-32-20(5)22-13-30(24(34)11-9-2)40-28(22)15-26(32)36-7/h12-15H,3,8-11,16-17H2,1-2,4-7H3. The third-order valence-electron chi connectivity index (χ3n) is 6.77. The molecule has 0 spiro atoms. The van der Waals surface area contributed by atoms with Crippen molar-refractivity contribution in [3.8, 4) is 23.0 Å². The lowest BCUT2D eigenvalue weighted by atomic mass is 10.1. The summed E-state index contributed by atoms with van der Waals surface area (Å²) in [6, 6.07) is 7.76. The summed E-state index contributed by atoms with van der Waals surface area (Å²) in [7, 11) is 3.22. The zero-order chi connectivity index (χ0) is 29.0. The highest BCUT2D eigenvalue weighted by atomic mass is 32.1. The highest BCUT2D eigenvalue weighted by Gasteiger charge is 2.20. The van der Waals surface area contributed by atoms with Gasteiger partial charge in [0.2, 0.25) is 0 Å². The molecule has 0 amide bonds. The van der Waals surface area contributed by atoms with E-state index < -0.39 is 0 Å². The van der Waals surface area contributed by atoms with Crippen molar-refractivity contribution in [2.75, 3.05) is 27.4 Å². The van der Waals surface area contributed by atoms with Crippen molar-refractivity contribution in [3.05, 3.63) is 57.3 Å². The van der Waals surface area contributed by atoms with Gasteiger partial charge < -0.3 is 18.9 Å². The van der Waals surface area contributed by atoms with Crippen LogP contribution in [-0.4, -0.2) is 39.0 Å². The van der Waals surface area contributed by atoms with Crippen molar-refractivity contribution in [1.29, 1.82) is 0 Å². The van der Waals surface area contributed by atoms with Crippen LogP contribution < -0.4 is 18.9 Å². The highest BCUT2D eigenvalue weighted by molar-refractivity contribution is 7.21. The van der Waals surface area contributed by atoms with Crippen LogP contribution in [0.15, 0.2) is 36.4 Å². The molecule has 0 atom stereocenters. The summed E-state index contributed by atoms with van der Waals surface area (Å²) in [6.45, 7) is 12.6. The van der Waals surface area contributed by atoms with Gasteiger partial charge in [0.25, 0.3) is 0 Å². The summed E-state index contributed by atoms with van der Waals surface area (Å²) in [5.74, 6) is 2.80. The molecule has 0 saturated carbocycles. The summed E-state index contributed by atoms with van der Waals surface area (Å²) in [5.41, 5.74) is 2.57. The summed E-state index contributed by atoms with van der Waals surface area (Å²) in [5, 5.41) is 1.98. The van der Waals surface area contributed by atoms with Crippen LogP contribution in [0.5, 0.6) is 23.0 Å². The minimum atomic E-state index is 0.158. The van der Waals surface area contributed by atoms with Gasteiger partial charge in [-0.1, -0.05) is 20.4 Å². The molecule has 6 nitrogen and oxygen atoms in total. The maximum Gasteiger partial charge on any atom is 0.172 e. The normalized spacial score (nSPS) is 11.2. The summed E-state index contributed by atoms with van der Waals surface area (Å²) >= 11 is 2.97. The number of carbonyl (C=O) groups is 2. The van der Waals surface area contributed by atoms with E-state index in [-0.39, 0.29) is 24.8 Å². The molecule has 40 heavy (non-hydrogen) atoms. The van der Waals surface area contributed by atoms with E-state index in [1.807, 2.05) is 52.0 Å². The van der Waals surface area contributed by atoms with Gasteiger partial charge in [0.1, 0.15) is 13.2 Å². The van der Waals surface area contributed by atoms with Crippen LogP contribution in [0.1, 0.15) is 70.0 Å². The predicted octanol–water partition coefficient (Wildman–Crippen LogP) is 8.73. The van der Waals surface area contributed by atoms with Crippen molar-refractivity contribution in [2.45, 2.75) is 53.4 Å². The molecule has 4 rings (SSSR count). The quantitative estimate of drug-likeness (QED) is 0.110. The Balaban J connectivity index is 1.50. The van der Waals surface area contributed by atoms with Gasteiger partial charge in [-0.3, -0.25) is 9.59 Å². The largest absolute Gasteiger partial charge is 0.493 e. The monoisotopic (exact) mass is 580 g/mol. The maximum atomic E-state index is 12.5.